The molecule has 1 aliphatic rings. The zero-order chi connectivity index (χ0) is 32.6. The van der Waals surface area contributed by atoms with Crippen LogP contribution in [0, 0.1) is 0 Å². The number of pyridine rings is 1. The molecule has 1 saturated heterocycles. The Bertz CT molecular complexity index is 2530. The first-order valence-corrected chi connectivity index (χ1v) is 17.0. The molecule has 0 unspecified atom stereocenters. The number of benzene rings is 5. The van der Waals surface area contributed by atoms with Gasteiger partial charge in [-0.1, -0.05) is 66.7 Å². The van der Waals surface area contributed by atoms with Crippen LogP contribution in [0.1, 0.15) is 27.7 Å². The lowest BCUT2D eigenvalue weighted by molar-refractivity contribution is 0.00578. The molecule has 0 atom stereocenters. The van der Waals surface area contributed by atoms with E-state index in [4.69, 9.17) is 29.2 Å². The molecule has 4 heterocycles. The van der Waals surface area contributed by atoms with E-state index in [0.29, 0.717) is 23.1 Å². The Morgan fingerprint density at radius 3 is 1.90 bits per heavy atom. The molecule has 8 heteroatoms. The standard InChI is InChI=1S/C40H31BN4O2S/c1-39(2)40(3,4)47-41(46-39)35-20-18-26(23-42-35)37-43-36(25-17-19-34-31(22-25)30-15-9-10-16-33(30)48-34)44-38(45-37)32-21-24-11-5-6-12-27(24)28-13-7-8-14-29(28)32/h5-23H,1-4H3. The maximum absolute atomic E-state index is 6.26. The van der Waals surface area contributed by atoms with E-state index in [2.05, 4.69) is 97.1 Å². The lowest BCUT2D eigenvalue weighted by Crippen LogP contribution is -2.41. The van der Waals surface area contributed by atoms with E-state index in [1.54, 1.807) is 17.5 Å². The van der Waals surface area contributed by atoms with Crippen LogP contribution in [-0.2, 0) is 9.31 Å². The predicted molar refractivity (Wildman–Crippen MR) is 198 cm³/mol. The van der Waals surface area contributed by atoms with Gasteiger partial charge in [0.1, 0.15) is 0 Å². The highest BCUT2D eigenvalue weighted by Gasteiger charge is 2.52. The molecule has 9 rings (SSSR count). The highest BCUT2D eigenvalue weighted by atomic mass is 32.1. The maximum Gasteiger partial charge on any atom is 0.514 e. The smallest absolute Gasteiger partial charge is 0.398 e. The van der Waals surface area contributed by atoms with Crippen LogP contribution < -0.4 is 5.59 Å². The average Bonchev–Trinajstić information content (AvgIpc) is 3.59. The van der Waals surface area contributed by atoms with Crippen molar-refractivity contribution in [3.8, 4) is 34.2 Å². The van der Waals surface area contributed by atoms with Gasteiger partial charge < -0.3 is 9.31 Å². The molecule has 5 aromatic carbocycles. The fourth-order valence-corrected chi connectivity index (χ4v) is 7.59. The van der Waals surface area contributed by atoms with E-state index in [-0.39, 0.29) is 0 Å². The van der Waals surface area contributed by atoms with Gasteiger partial charge in [-0.15, -0.1) is 11.3 Å². The van der Waals surface area contributed by atoms with Crippen molar-refractivity contribution in [2.75, 3.05) is 0 Å². The van der Waals surface area contributed by atoms with Gasteiger partial charge in [-0.25, -0.2) is 15.0 Å². The van der Waals surface area contributed by atoms with Crippen LogP contribution in [0.2, 0.25) is 0 Å². The highest BCUT2D eigenvalue weighted by Crippen LogP contribution is 2.39. The number of hydrogen-bond acceptors (Lipinski definition) is 7. The fourth-order valence-electron chi connectivity index (χ4n) is 6.50. The second-order valence-electron chi connectivity index (χ2n) is 13.4. The van der Waals surface area contributed by atoms with Gasteiger partial charge >= 0.3 is 7.12 Å². The fraction of sp³-hybridized carbons (Fsp3) is 0.150. The molecule has 0 bridgehead atoms. The molecule has 6 nitrogen and oxygen atoms in total. The third kappa shape index (κ3) is 4.71. The van der Waals surface area contributed by atoms with Crippen LogP contribution in [0.15, 0.2) is 115 Å². The molecule has 0 aliphatic carbocycles. The Balaban J connectivity index is 1.22. The number of rotatable bonds is 4. The summed E-state index contributed by atoms with van der Waals surface area (Å²) in [6.07, 6.45) is 1.80. The Morgan fingerprint density at radius 2 is 1.15 bits per heavy atom. The van der Waals surface area contributed by atoms with Crippen LogP contribution in [0.25, 0.3) is 75.9 Å². The van der Waals surface area contributed by atoms with E-state index >= 15 is 0 Å². The van der Waals surface area contributed by atoms with Crippen molar-refractivity contribution in [1.29, 1.82) is 0 Å². The zero-order valence-electron chi connectivity index (χ0n) is 27.1. The number of aromatic nitrogens is 4. The van der Waals surface area contributed by atoms with Gasteiger partial charge in [0, 0.05) is 43.1 Å². The van der Waals surface area contributed by atoms with E-state index < -0.39 is 18.3 Å². The molecule has 232 valence electrons. The minimum atomic E-state index is -0.551. The first-order valence-electron chi connectivity index (χ1n) is 16.1. The zero-order valence-corrected chi connectivity index (χ0v) is 27.9. The van der Waals surface area contributed by atoms with Gasteiger partial charge in [0.2, 0.25) is 0 Å². The lowest BCUT2D eigenvalue weighted by atomic mass is 9.84. The second kappa shape index (κ2) is 10.8. The van der Waals surface area contributed by atoms with E-state index in [1.807, 2.05) is 39.8 Å². The maximum atomic E-state index is 6.26. The summed E-state index contributed by atoms with van der Waals surface area (Å²) in [5, 5.41) is 7.01. The monoisotopic (exact) mass is 642 g/mol. The van der Waals surface area contributed by atoms with Crippen molar-refractivity contribution in [3.05, 3.63) is 115 Å². The molecule has 0 radical (unpaired) electrons. The summed E-state index contributed by atoms with van der Waals surface area (Å²) in [4.78, 5) is 20.1. The van der Waals surface area contributed by atoms with Gasteiger partial charge in [0.15, 0.2) is 17.5 Å². The summed E-state index contributed by atoms with van der Waals surface area (Å²) < 4.78 is 15.0. The van der Waals surface area contributed by atoms with Crippen LogP contribution in [0.4, 0.5) is 0 Å². The van der Waals surface area contributed by atoms with Crippen LogP contribution >= 0.6 is 11.3 Å². The van der Waals surface area contributed by atoms with Gasteiger partial charge in [-0.2, -0.15) is 0 Å². The Labute approximate surface area is 282 Å². The number of hydrogen-bond donors (Lipinski definition) is 0. The molecule has 1 aliphatic heterocycles. The first-order chi connectivity index (χ1) is 23.2. The third-order valence-electron chi connectivity index (χ3n) is 9.82. The van der Waals surface area contributed by atoms with E-state index in [9.17, 15) is 0 Å². The molecule has 0 spiro atoms. The van der Waals surface area contributed by atoms with Crippen LogP contribution in [0.5, 0.6) is 0 Å². The molecule has 0 saturated carbocycles. The van der Waals surface area contributed by atoms with Crippen molar-refractivity contribution in [1.82, 2.24) is 19.9 Å². The summed E-state index contributed by atoms with van der Waals surface area (Å²) in [5.41, 5.74) is 2.48. The Morgan fingerprint density at radius 1 is 0.542 bits per heavy atom. The van der Waals surface area contributed by atoms with E-state index in [1.165, 1.54) is 25.6 Å². The summed E-state index contributed by atoms with van der Waals surface area (Å²) in [7, 11) is -0.551. The second-order valence-corrected chi connectivity index (χ2v) is 14.5. The molecule has 1 fully saturated rings. The average molecular weight is 643 g/mol. The normalized spacial score (nSPS) is 15.6. The highest BCUT2D eigenvalue weighted by molar-refractivity contribution is 7.25. The SMILES string of the molecule is CC1(C)OB(c2ccc(-c3nc(-c4ccc5sc6ccccc6c5c4)nc(-c4cc5ccccc5c5ccccc45)n3)cn2)OC1(C)C. The summed E-state index contributed by atoms with van der Waals surface area (Å²) in [5.74, 6) is 1.78. The van der Waals surface area contributed by atoms with Gasteiger partial charge in [-0.3, -0.25) is 4.98 Å². The predicted octanol–water partition coefficient (Wildman–Crippen LogP) is 9.24. The van der Waals surface area contributed by atoms with Crippen molar-refractivity contribution in [2.24, 2.45) is 0 Å². The molecule has 48 heavy (non-hydrogen) atoms. The molecule has 8 aromatic rings. The lowest BCUT2D eigenvalue weighted by Gasteiger charge is -2.32. The van der Waals surface area contributed by atoms with Crippen molar-refractivity contribution < 1.29 is 9.31 Å². The number of nitrogens with zero attached hydrogens (tertiary/aromatic N) is 4. The first kappa shape index (κ1) is 29.1. The number of fused-ring (bicyclic) bond motifs is 6. The summed E-state index contributed by atoms with van der Waals surface area (Å²) >= 11 is 1.80. The number of thiophene rings is 1. The van der Waals surface area contributed by atoms with Crippen LogP contribution in [-0.4, -0.2) is 38.3 Å². The Hall–Kier alpha value is -5.02. The molecule has 0 amide bonds. The molecule has 3 aromatic heterocycles. The summed E-state index contributed by atoms with van der Waals surface area (Å²) in [6.45, 7) is 8.17. The summed E-state index contributed by atoms with van der Waals surface area (Å²) in [6, 6.07) is 38.0. The third-order valence-corrected chi connectivity index (χ3v) is 11.0. The minimum absolute atomic E-state index is 0.451. The molecule has 0 N–H and O–H groups in total. The largest absolute Gasteiger partial charge is 0.514 e. The Kier molecular flexibility index (Phi) is 6.53. The van der Waals surface area contributed by atoms with Crippen molar-refractivity contribution in [2.45, 2.75) is 38.9 Å². The van der Waals surface area contributed by atoms with E-state index in [0.717, 1.165) is 32.8 Å². The van der Waals surface area contributed by atoms with Crippen molar-refractivity contribution >= 4 is 65.8 Å². The van der Waals surface area contributed by atoms with Crippen molar-refractivity contribution in [3.63, 3.8) is 0 Å². The quantitative estimate of drug-likeness (QED) is 0.141. The topological polar surface area (TPSA) is 70.0 Å². The molecular formula is C40H31BN4O2S. The molecular weight excluding hydrogens is 611 g/mol. The minimum Gasteiger partial charge on any atom is -0.398 e. The van der Waals surface area contributed by atoms with Gasteiger partial charge in [0.05, 0.1) is 16.8 Å². The van der Waals surface area contributed by atoms with Crippen LogP contribution in [0.3, 0.4) is 0 Å². The van der Waals surface area contributed by atoms with Gasteiger partial charge in [0.25, 0.3) is 0 Å². The van der Waals surface area contributed by atoms with Gasteiger partial charge in [-0.05, 0) is 91.7 Å².